The second-order valence-corrected chi connectivity index (χ2v) is 5.28. The van der Waals surface area contributed by atoms with Gasteiger partial charge in [0.1, 0.15) is 6.29 Å². The Kier molecular flexibility index (Phi) is 4.36. The van der Waals surface area contributed by atoms with E-state index in [2.05, 4.69) is 4.90 Å². The molecule has 1 aliphatic carbocycles. The summed E-state index contributed by atoms with van der Waals surface area (Å²) in [5.41, 5.74) is -0.0478. The molecule has 0 aromatic heterocycles. The molecular formula is C13H23NO2. The van der Waals surface area contributed by atoms with Crippen LogP contribution in [-0.4, -0.2) is 44.0 Å². The summed E-state index contributed by atoms with van der Waals surface area (Å²) in [6, 6.07) is 0. The Hall–Kier alpha value is -0.410. The van der Waals surface area contributed by atoms with Gasteiger partial charge < -0.3 is 9.53 Å². The zero-order valence-corrected chi connectivity index (χ0v) is 10.1. The van der Waals surface area contributed by atoms with E-state index in [9.17, 15) is 4.79 Å². The van der Waals surface area contributed by atoms with Gasteiger partial charge in [0.25, 0.3) is 0 Å². The lowest BCUT2D eigenvalue weighted by Crippen LogP contribution is -2.44. The molecule has 2 aliphatic rings. The van der Waals surface area contributed by atoms with Crippen molar-refractivity contribution >= 4 is 6.29 Å². The second-order valence-electron chi connectivity index (χ2n) is 5.28. The molecule has 0 amide bonds. The molecule has 2 fully saturated rings. The molecule has 0 unspecified atom stereocenters. The summed E-state index contributed by atoms with van der Waals surface area (Å²) in [7, 11) is 0. The van der Waals surface area contributed by atoms with E-state index in [1.54, 1.807) is 0 Å². The molecule has 2 rings (SSSR count). The Bertz CT molecular complexity index is 216. The summed E-state index contributed by atoms with van der Waals surface area (Å²) in [4.78, 5) is 13.9. The van der Waals surface area contributed by atoms with Crippen molar-refractivity contribution in [2.24, 2.45) is 5.41 Å². The highest BCUT2D eigenvalue weighted by atomic mass is 16.5. The van der Waals surface area contributed by atoms with Crippen LogP contribution in [0.15, 0.2) is 0 Å². The number of hydrogen-bond donors (Lipinski definition) is 0. The highest BCUT2D eigenvalue weighted by Gasteiger charge is 2.32. The standard InChI is InChI=1S/C13H23NO2/c15-12-13(5-3-1-2-4-6-13)11-14-7-9-16-10-8-14/h12H,1-11H2. The maximum Gasteiger partial charge on any atom is 0.127 e. The molecule has 0 atom stereocenters. The molecule has 0 spiro atoms. The maximum atomic E-state index is 11.5. The molecule has 0 radical (unpaired) electrons. The van der Waals surface area contributed by atoms with Crippen LogP contribution >= 0.6 is 0 Å². The molecule has 92 valence electrons. The minimum absolute atomic E-state index is 0.0478. The van der Waals surface area contributed by atoms with E-state index in [0.29, 0.717) is 0 Å². The van der Waals surface area contributed by atoms with Gasteiger partial charge in [-0.3, -0.25) is 4.90 Å². The zero-order chi connectivity index (χ0) is 11.3. The third-order valence-corrected chi connectivity index (χ3v) is 3.99. The van der Waals surface area contributed by atoms with Crippen molar-refractivity contribution in [3.63, 3.8) is 0 Å². The fourth-order valence-corrected chi connectivity index (χ4v) is 2.95. The lowest BCUT2D eigenvalue weighted by molar-refractivity contribution is -0.118. The first kappa shape index (κ1) is 12.1. The molecule has 0 aromatic rings. The highest BCUT2D eigenvalue weighted by Crippen LogP contribution is 2.34. The van der Waals surface area contributed by atoms with Gasteiger partial charge >= 0.3 is 0 Å². The Morgan fingerprint density at radius 3 is 2.25 bits per heavy atom. The van der Waals surface area contributed by atoms with Crippen LogP contribution < -0.4 is 0 Å². The largest absolute Gasteiger partial charge is 0.379 e. The van der Waals surface area contributed by atoms with Crippen molar-refractivity contribution in [1.29, 1.82) is 0 Å². The topological polar surface area (TPSA) is 29.5 Å². The summed E-state index contributed by atoms with van der Waals surface area (Å²) in [6.07, 6.45) is 8.49. The molecule has 1 heterocycles. The molecular weight excluding hydrogens is 202 g/mol. The monoisotopic (exact) mass is 225 g/mol. The predicted molar refractivity (Wildman–Crippen MR) is 63.5 cm³/mol. The van der Waals surface area contributed by atoms with Gasteiger partial charge in [-0.25, -0.2) is 0 Å². The van der Waals surface area contributed by atoms with E-state index in [4.69, 9.17) is 4.74 Å². The molecule has 3 nitrogen and oxygen atoms in total. The smallest absolute Gasteiger partial charge is 0.127 e. The van der Waals surface area contributed by atoms with Crippen LogP contribution in [0.5, 0.6) is 0 Å². The Balaban J connectivity index is 1.93. The highest BCUT2D eigenvalue weighted by molar-refractivity contribution is 5.59. The molecule has 0 bridgehead atoms. The molecule has 0 N–H and O–H groups in total. The predicted octanol–water partition coefficient (Wildman–Crippen LogP) is 1.86. The van der Waals surface area contributed by atoms with E-state index < -0.39 is 0 Å². The molecule has 1 saturated carbocycles. The van der Waals surface area contributed by atoms with E-state index in [0.717, 1.165) is 45.7 Å². The molecule has 1 saturated heterocycles. The number of morpholine rings is 1. The maximum absolute atomic E-state index is 11.5. The first-order valence-corrected chi connectivity index (χ1v) is 6.61. The summed E-state index contributed by atoms with van der Waals surface area (Å²) in [6.45, 7) is 4.61. The van der Waals surface area contributed by atoms with Crippen LogP contribution in [0.3, 0.4) is 0 Å². The van der Waals surface area contributed by atoms with Crippen LogP contribution in [0.2, 0.25) is 0 Å². The van der Waals surface area contributed by atoms with Crippen LogP contribution in [0.4, 0.5) is 0 Å². The van der Waals surface area contributed by atoms with Gasteiger partial charge in [-0.05, 0) is 12.8 Å². The van der Waals surface area contributed by atoms with Gasteiger partial charge in [0.2, 0.25) is 0 Å². The Labute approximate surface area is 98.1 Å². The number of ether oxygens (including phenoxy) is 1. The van der Waals surface area contributed by atoms with Gasteiger partial charge in [0, 0.05) is 25.0 Å². The summed E-state index contributed by atoms with van der Waals surface area (Å²) in [5, 5.41) is 0. The number of aldehydes is 1. The van der Waals surface area contributed by atoms with E-state index in [1.165, 1.54) is 32.0 Å². The van der Waals surface area contributed by atoms with Crippen LogP contribution in [-0.2, 0) is 9.53 Å². The lowest BCUT2D eigenvalue weighted by Gasteiger charge is -2.35. The van der Waals surface area contributed by atoms with Crippen LogP contribution in [0, 0.1) is 5.41 Å². The van der Waals surface area contributed by atoms with Crippen molar-refractivity contribution in [2.75, 3.05) is 32.8 Å². The van der Waals surface area contributed by atoms with E-state index in [1.807, 2.05) is 0 Å². The normalized spacial score (nSPS) is 27.2. The first-order chi connectivity index (χ1) is 7.85. The molecule has 0 aromatic carbocycles. The quantitative estimate of drug-likeness (QED) is 0.542. The summed E-state index contributed by atoms with van der Waals surface area (Å²) in [5.74, 6) is 0. The Morgan fingerprint density at radius 1 is 1.06 bits per heavy atom. The third-order valence-electron chi connectivity index (χ3n) is 3.99. The fraction of sp³-hybridized carbons (Fsp3) is 0.923. The number of carbonyl (C=O) groups excluding carboxylic acids is 1. The summed E-state index contributed by atoms with van der Waals surface area (Å²) >= 11 is 0. The molecule has 1 aliphatic heterocycles. The first-order valence-electron chi connectivity index (χ1n) is 6.61. The Morgan fingerprint density at radius 2 is 1.69 bits per heavy atom. The zero-order valence-electron chi connectivity index (χ0n) is 10.1. The minimum atomic E-state index is -0.0478. The van der Waals surface area contributed by atoms with Crippen molar-refractivity contribution in [2.45, 2.75) is 38.5 Å². The van der Waals surface area contributed by atoms with Crippen molar-refractivity contribution in [3.05, 3.63) is 0 Å². The lowest BCUT2D eigenvalue weighted by atomic mass is 9.81. The SMILES string of the molecule is O=CC1(CN2CCOCC2)CCCCCC1. The van der Waals surface area contributed by atoms with Crippen LogP contribution in [0.25, 0.3) is 0 Å². The number of rotatable bonds is 3. The van der Waals surface area contributed by atoms with Gasteiger partial charge in [-0.2, -0.15) is 0 Å². The summed E-state index contributed by atoms with van der Waals surface area (Å²) < 4.78 is 5.35. The average molecular weight is 225 g/mol. The van der Waals surface area contributed by atoms with E-state index >= 15 is 0 Å². The van der Waals surface area contributed by atoms with Crippen molar-refractivity contribution < 1.29 is 9.53 Å². The minimum Gasteiger partial charge on any atom is -0.379 e. The number of hydrogen-bond acceptors (Lipinski definition) is 3. The van der Waals surface area contributed by atoms with E-state index in [-0.39, 0.29) is 5.41 Å². The van der Waals surface area contributed by atoms with Gasteiger partial charge in [-0.1, -0.05) is 25.7 Å². The van der Waals surface area contributed by atoms with Crippen molar-refractivity contribution in [1.82, 2.24) is 4.90 Å². The number of nitrogens with zero attached hydrogens (tertiary/aromatic N) is 1. The average Bonchev–Trinajstić information content (AvgIpc) is 2.57. The van der Waals surface area contributed by atoms with Crippen molar-refractivity contribution in [3.8, 4) is 0 Å². The third kappa shape index (κ3) is 3.05. The number of carbonyl (C=O) groups is 1. The van der Waals surface area contributed by atoms with Crippen LogP contribution in [0.1, 0.15) is 38.5 Å². The van der Waals surface area contributed by atoms with Gasteiger partial charge in [0.15, 0.2) is 0 Å². The second kappa shape index (κ2) is 5.78. The molecule has 16 heavy (non-hydrogen) atoms. The van der Waals surface area contributed by atoms with Gasteiger partial charge in [-0.15, -0.1) is 0 Å². The molecule has 3 heteroatoms. The fourth-order valence-electron chi connectivity index (χ4n) is 2.95. The van der Waals surface area contributed by atoms with Gasteiger partial charge in [0.05, 0.1) is 13.2 Å².